The Kier molecular flexibility index (Phi) is 15.7. The molecule has 356 valence electrons. The van der Waals surface area contributed by atoms with Crippen LogP contribution in [-0.2, 0) is 55.2 Å². The minimum Gasteiger partial charge on any atom is -0.375 e. The molecular weight excluding hydrogens is 827 g/mol. The van der Waals surface area contributed by atoms with Crippen LogP contribution >= 0.6 is 0 Å². The Hall–Kier alpha value is -5.42. The highest BCUT2D eigenvalue weighted by Gasteiger charge is 2.39. The van der Waals surface area contributed by atoms with Crippen molar-refractivity contribution in [2.75, 3.05) is 40.4 Å². The molecule has 65 heavy (non-hydrogen) atoms. The molecule has 0 radical (unpaired) electrons. The number of aromatic nitrogens is 4. The van der Waals surface area contributed by atoms with Gasteiger partial charge in [-0.3, -0.25) is 39.1 Å². The molecule has 3 N–H and O–H groups in total. The number of aryl methyl sites for hydroxylation is 2. The van der Waals surface area contributed by atoms with Crippen LogP contribution in [0.3, 0.4) is 0 Å². The molecule has 16 heteroatoms. The molecule has 6 rings (SSSR count). The number of pyridine rings is 1. The van der Waals surface area contributed by atoms with Crippen LogP contribution in [-0.4, -0.2) is 122 Å². The molecule has 0 spiro atoms. The summed E-state index contributed by atoms with van der Waals surface area (Å²) in [6.45, 7) is 19.6. The van der Waals surface area contributed by atoms with E-state index in [1.807, 2.05) is 46.9 Å². The van der Waals surface area contributed by atoms with Crippen LogP contribution in [0.1, 0.15) is 93.6 Å². The fourth-order valence-corrected chi connectivity index (χ4v) is 9.67. The highest BCUT2D eigenvalue weighted by atomic mass is 17.1. The van der Waals surface area contributed by atoms with E-state index in [0.717, 1.165) is 57.5 Å². The number of rotatable bonds is 18. The minimum absolute atomic E-state index is 0. The molecule has 5 heterocycles. The summed E-state index contributed by atoms with van der Waals surface area (Å²) in [5, 5.41) is 20.2. The van der Waals surface area contributed by atoms with Crippen LogP contribution in [0.25, 0.3) is 33.4 Å². The Labute approximate surface area is 386 Å². The van der Waals surface area contributed by atoms with Gasteiger partial charge in [-0.2, -0.15) is 5.10 Å². The summed E-state index contributed by atoms with van der Waals surface area (Å²) >= 11 is 0. The van der Waals surface area contributed by atoms with E-state index in [1.54, 1.807) is 34.9 Å². The average molecular weight is 900 g/mol. The molecule has 0 saturated carbocycles. The first kappa shape index (κ1) is 49.0. The summed E-state index contributed by atoms with van der Waals surface area (Å²) in [7, 11) is 5.17. The second-order valence-electron chi connectivity index (χ2n) is 18.9. The lowest BCUT2D eigenvalue weighted by Gasteiger charge is -2.36. The number of hydrogen-bond acceptors (Lipinski definition) is 10. The van der Waals surface area contributed by atoms with Gasteiger partial charge in [0.05, 0.1) is 41.4 Å². The molecule has 0 aliphatic carbocycles. The van der Waals surface area contributed by atoms with Gasteiger partial charge in [-0.05, 0) is 99.8 Å². The number of likely N-dealkylation sites (N-methyl/N-ethyl adjacent to an activating group) is 1. The molecule has 2 fully saturated rings. The molecule has 5 atom stereocenters. The van der Waals surface area contributed by atoms with Crippen molar-refractivity contribution < 1.29 is 36.9 Å². The smallest absolute Gasteiger partial charge is 0.259 e. The standard InChI is InChI=1S/C49H69N9O7.2H2/c1-12-42(59)56-23-20-34(28-56)47(61)54(9)44(30(3)4)46(60)51-39(48(62)58-22-15-16-31(5)52-58)25-35-26-41(55(10)53-35)33-18-19-40-37(24-33)38(27-49(7,8)29-65-63)45(57(40)13-2)36-17-14-21-50-43(36)32(6)64-11;;/h12,14,17-19,21,24,26,30-32,34,39,44,52,63H,1,13,15-16,20,22-23,25,27-29H2,2-11H3,(H,51,60);2*1H/t31-,32+,34+,39+,44+;;/m1../s1. The Morgan fingerprint density at radius 3 is 2.55 bits per heavy atom. The molecule has 0 unspecified atom stereocenters. The van der Waals surface area contributed by atoms with Crippen molar-refractivity contribution in [3.8, 4) is 22.5 Å². The first-order valence-corrected chi connectivity index (χ1v) is 22.9. The van der Waals surface area contributed by atoms with Gasteiger partial charge in [0.2, 0.25) is 17.7 Å². The van der Waals surface area contributed by atoms with E-state index in [1.165, 1.54) is 11.0 Å². The minimum atomic E-state index is -0.991. The number of benzene rings is 1. The van der Waals surface area contributed by atoms with Crippen molar-refractivity contribution >= 4 is 34.5 Å². The third-order valence-electron chi connectivity index (χ3n) is 13.0. The quantitative estimate of drug-likeness (QED) is 0.0573. The Morgan fingerprint density at radius 2 is 1.89 bits per heavy atom. The number of methoxy groups -OCH3 is 1. The molecule has 2 saturated heterocycles. The lowest BCUT2D eigenvalue weighted by molar-refractivity contribution is -0.259. The zero-order valence-corrected chi connectivity index (χ0v) is 39.9. The van der Waals surface area contributed by atoms with Crippen LogP contribution in [0, 0.1) is 17.3 Å². The van der Waals surface area contributed by atoms with E-state index in [2.05, 4.69) is 66.9 Å². The van der Waals surface area contributed by atoms with Crippen LogP contribution in [0.5, 0.6) is 0 Å². The molecule has 2 aliphatic heterocycles. The van der Waals surface area contributed by atoms with Crippen LogP contribution in [0.4, 0.5) is 0 Å². The van der Waals surface area contributed by atoms with Crippen molar-refractivity contribution in [1.82, 2.24) is 44.9 Å². The highest BCUT2D eigenvalue weighted by molar-refractivity contribution is 5.96. The van der Waals surface area contributed by atoms with E-state index >= 15 is 0 Å². The number of hydrazine groups is 1. The van der Waals surface area contributed by atoms with Crippen LogP contribution in [0.15, 0.2) is 55.3 Å². The summed E-state index contributed by atoms with van der Waals surface area (Å²) in [5.41, 5.74) is 10.1. The lowest BCUT2D eigenvalue weighted by atomic mass is 9.84. The number of likely N-dealkylation sites (tertiary alicyclic amines) is 1. The zero-order valence-electron chi connectivity index (χ0n) is 39.9. The molecule has 1 aromatic carbocycles. The summed E-state index contributed by atoms with van der Waals surface area (Å²) in [6.07, 6.45) is 5.69. The van der Waals surface area contributed by atoms with E-state index in [-0.39, 0.29) is 58.2 Å². The second kappa shape index (κ2) is 20.8. The van der Waals surface area contributed by atoms with Gasteiger partial charge in [0, 0.05) is 90.9 Å². The van der Waals surface area contributed by atoms with Crippen LogP contribution in [0.2, 0.25) is 0 Å². The normalized spacial score (nSPS) is 18.2. The van der Waals surface area contributed by atoms with E-state index in [9.17, 15) is 24.4 Å². The number of amides is 4. The van der Waals surface area contributed by atoms with Crippen molar-refractivity contribution in [2.24, 2.45) is 24.3 Å². The Morgan fingerprint density at radius 1 is 1.14 bits per heavy atom. The van der Waals surface area contributed by atoms with Gasteiger partial charge in [-0.15, -0.1) is 0 Å². The number of carbonyl (C=O) groups excluding carboxylic acids is 4. The maximum Gasteiger partial charge on any atom is 0.259 e. The maximum absolute atomic E-state index is 14.4. The van der Waals surface area contributed by atoms with E-state index < -0.39 is 29.3 Å². The fourth-order valence-electron chi connectivity index (χ4n) is 9.67. The highest BCUT2D eigenvalue weighted by Crippen LogP contribution is 2.42. The topological polar surface area (TPSA) is 176 Å². The third kappa shape index (κ3) is 10.7. The van der Waals surface area contributed by atoms with Crippen LogP contribution < -0.4 is 10.7 Å². The van der Waals surface area contributed by atoms with Gasteiger partial charge in [-0.25, -0.2) is 10.3 Å². The number of nitrogens with one attached hydrogen (secondary N) is 2. The first-order valence-electron chi connectivity index (χ1n) is 22.9. The number of nitrogens with zero attached hydrogens (tertiary/aromatic N) is 7. The Balaban J connectivity index is 0.00000490. The molecule has 16 nitrogen and oxygen atoms in total. The van der Waals surface area contributed by atoms with Gasteiger partial charge >= 0.3 is 0 Å². The SMILES string of the molecule is C=CC(=O)N1CC[C@H](C(=O)N(C)[C@H](C(=O)N[C@@H](Cc2cc(-c3ccc4c(c3)c(CC(C)(C)COO)c(-c3cccnc3[C@H](C)OC)n4CC)n(C)n2)C(=O)N2CCC[C@@H](C)N2)C(C)C)C1.[HH].[HH]. The maximum atomic E-state index is 14.4. The molecule has 3 aromatic heterocycles. The number of carbonyl (C=O) groups is 4. The molecule has 4 aromatic rings. The van der Waals surface area contributed by atoms with Gasteiger partial charge in [0.25, 0.3) is 5.91 Å². The number of fused-ring (bicyclic) bond motifs is 1. The predicted octanol–water partition coefficient (Wildman–Crippen LogP) is 6.44. The van der Waals surface area contributed by atoms with Crippen molar-refractivity contribution in [3.63, 3.8) is 0 Å². The summed E-state index contributed by atoms with van der Waals surface area (Å²) in [4.78, 5) is 67.5. The average Bonchev–Trinajstić information content (AvgIpc) is 4.00. The number of ether oxygens (including phenoxy) is 1. The van der Waals surface area contributed by atoms with E-state index in [0.29, 0.717) is 38.2 Å². The van der Waals surface area contributed by atoms with Crippen molar-refractivity contribution in [1.29, 1.82) is 0 Å². The summed E-state index contributed by atoms with van der Waals surface area (Å²) < 4.78 is 9.88. The summed E-state index contributed by atoms with van der Waals surface area (Å²) in [5.74, 6) is -1.89. The van der Waals surface area contributed by atoms with Gasteiger partial charge in [0.1, 0.15) is 12.1 Å². The predicted molar refractivity (Wildman–Crippen MR) is 254 cm³/mol. The molecular formula is C49H73N9O7. The Bertz CT molecular complexity index is 2380. The lowest BCUT2D eigenvalue weighted by Crippen LogP contribution is -2.61. The van der Waals surface area contributed by atoms with E-state index in [4.69, 9.17) is 19.7 Å². The van der Waals surface area contributed by atoms with Crippen molar-refractivity contribution in [2.45, 2.75) is 111 Å². The molecule has 2 aliphatic rings. The van der Waals surface area contributed by atoms with Gasteiger partial charge in [-0.1, -0.05) is 40.3 Å². The monoisotopic (exact) mass is 900 g/mol. The zero-order chi connectivity index (χ0) is 47.3. The third-order valence-corrected chi connectivity index (χ3v) is 13.0. The van der Waals surface area contributed by atoms with Crippen molar-refractivity contribution in [3.05, 3.63) is 72.2 Å². The fraction of sp³-hybridized carbons (Fsp3) is 0.551. The molecule has 4 amide bonds. The van der Waals surface area contributed by atoms with Gasteiger partial charge in [0.15, 0.2) is 0 Å². The molecule has 0 bridgehead atoms. The first-order chi connectivity index (χ1) is 30.9. The summed E-state index contributed by atoms with van der Waals surface area (Å²) in [6, 6.07) is 10.6. The van der Waals surface area contributed by atoms with Gasteiger partial charge < -0.3 is 24.4 Å². The largest absolute Gasteiger partial charge is 0.375 e. The second-order valence-corrected chi connectivity index (χ2v) is 18.9. The number of hydrogen-bond donors (Lipinski definition) is 3.